The first-order chi connectivity index (χ1) is 13.7. The molecule has 0 saturated heterocycles. The highest BCUT2D eigenvalue weighted by atomic mass is 16.5. The van der Waals surface area contributed by atoms with Crippen molar-refractivity contribution in [2.45, 2.75) is 64.6 Å². The number of para-hydroxylation sites is 1. The van der Waals surface area contributed by atoms with E-state index in [0.29, 0.717) is 18.1 Å². The molecule has 1 atom stereocenters. The molecule has 4 fully saturated rings. The summed E-state index contributed by atoms with van der Waals surface area (Å²) < 4.78 is 6.16. The van der Waals surface area contributed by atoms with Crippen molar-refractivity contribution in [1.29, 1.82) is 0 Å². The van der Waals surface area contributed by atoms with Crippen molar-refractivity contribution < 1.29 is 4.74 Å². The summed E-state index contributed by atoms with van der Waals surface area (Å²) in [6.07, 6.45) is 8.92. The monoisotopic (exact) mass is 375 g/mol. The standard InChI is InChI=1S/C26H33NO/c1-19(26-14-21-11-22(15-26)13-23(12-21)16-26)27-17-24-9-5-6-10-25(24)28-18-20-7-3-2-4-8-20/h2-10,19,21-23,27H,11-18H2,1H3. The second-order valence-corrected chi connectivity index (χ2v) is 9.76. The zero-order valence-electron chi connectivity index (χ0n) is 17.1. The molecule has 4 bridgehead atoms. The Hall–Kier alpha value is -1.80. The van der Waals surface area contributed by atoms with Gasteiger partial charge in [-0.05, 0) is 80.2 Å². The molecule has 4 aliphatic carbocycles. The van der Waals surface area contributed by atoms with Gasteiger partial charge < -0.3 is 10.1 Å². The number of nitrogens with one attached hydrogen (secondary N) is 1. The van der Waals surface area contributed by atoms with Crippen LogP contribution >= 0.6 is 0 Å². The van der Waals surface area contributed by atoms with Gasteiger partial charge in [0.05, 0.1) is 0 Å². The Morgan fingerprint density at radius 2 is 1.50 bits per heavy atom. The smallest absolute Gasteiger partial charge is 0.124 e. The van der Waals surface area contributed by atoms with Gasteiger partial charge in [0, 0.05) is 18.2 Å². The Balaban J connectivity index is 1.23. The summed E-state index contributed by atoms with van der Waals surface area (Å²) in [5.74, 6) is 4.04. The second kappa shape index (κ2) is 7.55. The van der Waals surface area contributed by atoms with Crippen molar-refractivity contribution >= 4 is 0 Å². The average molecular weight is 376 g/mol. The van der Waals surface area contributed by atoms with E-state index in [-0.39, 0.29) is 0 Å². The first-order valence-corrected chi connectivity index (χ1v) is 11.2. The fraction of sp³-hybridized carbons (Fsp3) is 0.538. The maximum Gasteiger partial charge on any atom is 0.124 e. The molecule has 1 unspecified atom stereocenters. The van der Waals surface area contributed by atoms with Crippen LogP contribution in [0.1, 0.15) is 56.6 Å². The Labute approximate surface area is 169 Å². The molecule has 0 aromatic heterocycles. The summed E-state index contributed by atoms with van der Waals surface area (Å²) in [4.78, 5) is 0. The van der Waals surface area contributed by atoms with Gasteiger partial charge in [0.1, 0.15) is 12.4 Å². The van der Waals surface area contributed by atoms with Gasteiger partial charge >= 0.3 is 0 Å². The topological polar surface area (TPSA) is 21.3 Å². The molecule has 4 saturated carbocycles. The van der Waals surface area contributed by atoms with Crippen molar-refractivity contribution in [2.24, 2.45) is 23.2 Å². The zero-order chi connectivity index (χ0) is 19.0. The van der Waals surface area contributed by atoms with Crippen LogP contribution < -0.4 is 10.1 Å². The largest absolute Gasteiger partial charge is 0.489 e. The van der Waals surface area contributed by atoms with Crippen LogP contribution in [-0.2, 0) is 13.2 Å². The van der Waals surface area contributed by atoms with Crippen molar-refractivity contribution in [2.75, 3.05) is 0 Å². The summed E-state index contributed by atoms with van der Waals surface area (Å²) in [5, 5.41) is 3.91. The van der Waals surface area contributed by atoms with Crippen LogP contribution in [0.2, 0.25) is 0 Å². The first kappa shape index (κ1) is 18.2. The minimum atomic E-state index is 0.550. The lowest BCUT2D eigenvalue weighted by Gasteiger charge is -2.59. The number of benzene rings is 2. The van der Waals surface area contributed by atoms with Crippen molar-refractivity contribution in [1.82, 2.24) is 5.32 Å². The van der Waals surface area contributed by atoms with E-state index >= 15 is 0 Å². The number of ether oxygens (including phenoxy) is 1. The molecular formula is C26H33NO. The van der Waals surface area contributed by atoms with Crippen LogP contribution in [0.15, 0.2) is 54.6 Å². The van der Waals surface area contributed by atoms with Crippen LogP contribution in [0.25, 0.3) is 0 Å². The summed E-state index contributed by atoms with van der Waals surface area (Å²) in [5.41, 5.74) is 3.04. The minimum absolute atomic E-state index is 0.550. The molecule has 4 aliphatic rings. The number of hydrogen-bond donors (Lipinski definition) is 1. The summed E-state index contributed by atoms with van der Waals surface area (Å²) in [7, 11) is 0. The van der Waals surface area contributed by atoms with E-state index in [0.717, 1.165) is 30.0 Å². The molecule has 2 aromatic carbocycles. The van der Waals surface area contributed by atoms with Crippen LogP contribution in [0.5, 0.6) is 5.75 Å². The van der Waals surface area contributed by atoms with Gasteiger partial charge in [-0.15, -0.1) is 0 Å². The van der Waals surface area contributed by atoms with Gasteiger partial charge in [-0.2, -0.15) is 0 Å². The fourth-order valence-corrected chi connectivity index (χ4v) is 6.71. The first-order valence-electron chi connectivity index (χ1n) is 11.2. The van der Waals surface area contributed by atoms with Gasteiger partial charge in [-0.25, -0.2) is 0 Å². The summed E-state index contributed by atoms with van der Waals surface area (Å²) in [6.45, 7) is 3.97. The minimum Gasteiger partial charge on any atom is -0.489 e. The van der Waals surface area contributed by atoms with E-state index in [1.54, 1.807) is 0 Å². The third kappa shape index (κ3) is 3.59. The third-order valence-corrected chi connectivity index (χ3v) is 7.81. The zero-order valence-corrected chi connectivity index (χ0v) is 17.1. The second-order valence-electron chi connectivity index (χ2n) is 9.76. The molecule has 0 radical (unpaired) electrons. The molecule has 2 heteroatoms. The summed E-state index contributed by atoms with van der Waals surface area (Å²) in [6, 6.07) is 19.5. The van der Waals surface area contributed by atoms with Crippen molar-refractivity contribution in [3.63, 3.8) is 0 Å². The molecule has 6 rings (SSSR count). The third-order valence-electron chi connectivity index (χ3n) is 7.81. The quantitative estimate of drug-likeness (QED) is 0.645. The highest BCUT2D eigenvalue weighted by Crippen LogP contribution is 2.61. The Morgan fingerprint density at radius 3 is 2.18 bits per heavy atom. The molecule has 0 amide bonds. The molecule has 0 aliphatic heterocycles. The predicted molar refractivity (Wildman–Crippen MR) is 114 cm³/mol. The predicted octanol–water partition coefficient (Wildman–Crippen LogP) is 5.96. The fourth-order valence-electron chi connectivity index (χ4n) is 6.71. The highest BCUT2D eigenvalue weighted by Gasteiger charge is 2.52. The van der Waals surface area contributed by atoms with E-state index in [4.69, 9.17) is 4.74 Å². The number of hydrogen-bond acceptors (Lipinski definition) is 2. The van der Waals surface area contributed by atoms with Crippen LogP contribution in [-0.4, -0.2) is 6.04 Å². The Kier molecular flexibility index (Phi) is 4.92. The molecular weight excluding hydrogens is 342 g/mol. The molecule has 148 valence electrons. The van der Waals surface area contributed by atoms with Crippen LogP contribution in [0, 0.1) is 23.2 Å². The van der Waals surface area contributed by atoms with Gasteiger partial charge in [-0.1, -0.05) is 48.5 Å². The maximum atomic E-state index is 6.16. The molecule has 0 spiro atoms. The van der Waals surface area contributed by atoms with Gasteiger partial charge in [-0.3, -0.25) is 0 Å². The number of rotatable bonds is 7. The van der Waals surface area contributed by atoms with E-state index in [1.807, 2.05) is 6.07 Å². The molecule has 28 heavy (non-hydrogen) atoms. The van der Waals surface area contributed by atoms with Crippen LogP contribution in [0.3, 0.4) is 0 Å². The Morgan fingerprint density at radius 1 is 0.893 bits per heavy atom. The average Bonchev–Trinajstić information content (AvgIpc) is 2.71. The normalized spacial score (nSPS) is 31.7. The molecule has 2 aromatic rings. The highest BCUT2D eigenvalue weighted by molar-refractivity contribution is 5.33. The van der Waals surface area contributed by atoms with E-state index in [9.17, 15) is 0 Å². The lowest BCUT2D eigenvalue weighted by Crippen LogP contribution is -2.54. The van der Waals surface area contributed by atoms with Gasteiger partial charge in [0.15, 0.2) is 0 Å². The van der Waals surface area contributed by atoms with E-state index in [1.165, 1.54) is 49.7 Å². The summed E-state index contributed by atoms with van der Waals surface area (Å²) >= 11 is 0. The van der Waals surface area contributed by atoms with Gasteiger partial charge in [0.2, 0.25) is 0 Å². The van der Waals surface area contributed by atoms with Gasteiger partial charge in [0.25, 0.3) is 0 Å². The van der Waals surface area contributed by atoms with E-state index < -0.39 is 0 Å². The Bertz CT molecular complexity index is 764. The maximum absolute atomic E-state index is 6.16. The van der Waals surface area contributed by atoms with Crippen molar-refractivity contribution in [3.8, 4) is 5.75 Å². The molecule has 0 heterocycles. The lowest BCUT2D eigenvalue weighted by atomic mass is 9.48. The molecule has 2 nitrogen and oxygen atoms in total. The van der Waals surface area contributed by atoms with Crippen molar-refractivity contribution in [3.05, 3.63) is 65.7 Å². The SMILES string of the molecule is CC(NCc1ccccc1OCc1ccccc1)C12CC3CC(CC(C3)C1)C2. The van der Waals surface area contributed by atoms with Crippen LogP contribution in [0.4, 0.5) is 0 Å². The molecule has 1 N–H and O–H groups in total. The van der Waals surface area contributed by atoms with E-state index in [2.05, 4.69) is 60.8 Å². The lowest BCUT2D eigenvalue weighted by molar-refractivity contribution is -0.0706.